The zero-order valence-electron chi connectivity index (χ0n) is 18.9. The summed E-state index contributed by atoms with van der Waals surface area (Å²) in [6.07, 6.45) is 12.9. The van der Waals surface area contributed by atoms with E-state index in [9.17, 15) is 0 Å². The molecule has 0 aliphatic carbocycles. The van der Waals surface area contributed by atoms with E-state index in [1.807, 2.05) is 6.08 Å². The fourth-order valence-electron chi connectivity index (χ4n) is 3.95. The van der Waals surface area contributed by atoms with E-state index < -0.39 is 0 Å². The molecular formula is C27H41N. The molecule has 1 unspecified atom stereocenters. The second-order valence-electron chi connectivity index (χ2n) is 7.89. The highest BCUT2D eigenvalue weighted by atomic mass is 14.4. The van der Waals surface area contributed by atoms with Crippen LogP contribution < -0.4 is 0 Å². The van der Waals surface area contributed by atoms with Gasteiger partial charge in [-0.3, -0.25) is 0 Å². The molecule has 0 fully saturated rings. The van der Waals surface area contributed by atoms with Gasteiger partial charge < -0.3 is 5.41 Å². The van der Waals surface area contributed by atoms with E-state index in [2.05, 4.69) is 71.5 Å². The first-order valence-corrected chi connectivity index (χ1v) is 11.1. The Kier molecular flexibility index (Phi) is 11.5. The Morgan fingerprint density at radius 1 is 1.04 bits per heavy atom. The summed E-state index contributed by atoms with van der Waals surface area (Å²) in [6.45, 7) is 15.0. The van der Waals surface area contributed by atoms with Crippen molar-refractivity contribution in [2.75, 3.05) is 0 Å². The molecule has 1 nitrogen and oxygen atoms in total. The monoisotopic (exact) mass is 379 g/mol. The number of benzene rings is 1. The summed E-state index contributed by atoms with van der Waals surface area (Å²) >= 11 is 0. The molecule has 0 saturated carbocycles. The van der Waals surface area contributed by atoms with Gasteiger partial charge in [0.25, 0.3) is 0 Å². The zero-order chi connectivity index (χ0) is 20.9. The quantitative estimate of drug-likeness (QED) is 0.203. The summed E-state index contributed by atoms with van der Waals surface area (Å²) in [6, 6.07) is 8.86. The molecule has 0 bridgehead atoms. The van der Waals surface area contributed by atoms with Crippen LogP contribution in [-0.4, -0.2) is 5.71 Å². The maximum atomic E-state index is 8.86. The molecule has 0 saturated heterocycles. The average Bonchev–Trinajstić information content (AvgIpc) is 2.70. The van der Waals surface area contributed by atoms with Gasteiger partial charge in [0.1, 0.15) is 0 Å². The molecule has 0 heterocycles. The van der Waals surface area contributed by atoms with Crippen LogP contribution in [0, 0.1) is 11.3 Å². The summed E-state index contributed by atoms with van der Waals surface area (Å²) in [7, 11) is 0. The highest BCUT2D eigenvalue weighted by molar-refractivity contribution is 6.02. The Hall–Kier alpha value is -1.89. The number of aryl methyl sites for hydroxylation is 2. The summed E-state index contributed by atoms with van der Waals surface area (Å²) in [5, 5.41) is 8.86. The molecule has 28 heavy (non-hydrogen) atoms. The molecule has 0 amide bonds. The van der Waals surface area contributed by atoms with Crippen LogP contribution in [0.2, 0.25) is 0 Å². The minimum absolute atomic E-state index is 0.568. The highest BCUT2D eigenvalue weighted by Crippen LogP contribution is 2.29. The number of hydrogen-bond acceptors (Lipinski definition) is 1. The Morgan fingerprint density at radius 2 is 1.68 bits per heavy atom. The molecular weight excluding hydrogens is 338 g/mol. The molecule has 1 aromatic carbocycles. The molecule has 0 aliphatic heterocycles. The van der Waals surface area contributed by atoms with Gasteiger partial charge in [-0.05, 0) is 74.1 Å². The largest absolute Gasteiger partial charge is 0.305 e. The zero-order valence-corrected chi connectivity index (χ0v) is 18.9. The van der Waals surface area contributed by atoms with Gasteiger partial charge in [0, 0.05) is 5.71 Å². The van der Waals surface area contributed by atoms with Crippen LogP contribution in [-0.2, 0) is 12.8 Å². The first kappa shape index (κ1) is 24.1. The van der Waals surface area contributed by atoms with Crippen LogP contribution in [0.25, 0.3) is 0 Å². The molecule has 154 valence electrons. The SMILES string of the molecule is C=C/C=C(C)\C(C(=N)CCc1ccc(CC)cc1)=C(/C)C(CC)CCCCC. The first-order chi connectivity index (χ1) is 13.5. The molecule has 0 aliphatic rings. The topological polar surface area (TPSA) is 23.9 Å². The Labute approximate surface area is 174 Å². The van der Waals surface area contributed by atoms with Crippen LogP contribution >= 0.6 is 0 Å². The van der Waals surface area contributed by atoms with Crippen LogP contribution in [0.15, 0.2) is 59.7 Å². The third-order valence-electron chi connectivity index (χ3n) is 5.81. The number of hydrogen-bond donors (Lipinski definition) is 1. The van der Waals surface area contributed by atoms with E-state index in [-0.39, 0.29) is 0 Å². The van der Waals surface area contributed by atoms with Crippen molar-refractivity contribution in [3.8, 4) is 0 Å². The fourth-order valence-corrected chi connectivity index (χ4v) is 3.95. The first-order valence-electron chi connectivity index (χ1n) is 11.1. The smallest absolute Gasteiger partial charge is 0.0391 e. The lowest BCUT2D eigenvalue weighted by Crippen LogP contribution is -2.12. The third-order valence-corrected chi connectivity index (χ3v) is 5.81. The minimum Gasteiger partial charge on any atom is -0.305 e. The Morgan fingerprint density at radius 3 is 2.21 bits per heavy atom. The van der Waals surface area contributed by atoms with E-state index >= 15 is 0 Å². The van der Waals surface area contributed by atoms with Crippen LogP contribution in [0.5, 0.6) is 0 Å². The number of allylic oxidation sites excluding steroid dienone is 5. The van der Waals surface area contributed by atoms with Crippen LogP contribution in [0.3, 0.4) is 0 Å². The van der Waals surface area contributed by atoms with Crippen molar-refractivity contribution < 1.29 is 0 Å². The van der Waals surface area contributed by atoms with Gasteiger partial charge in [-0.1, -0.05) is 88.6 Å². The van der Waals surface area contributed by atoms with Crippen molar-refractivity contribution in [3.63, 3.8) is 0 Å². The lowest BCUT2D eigenvalue weighted by Gasteiger charge is -2.22. The fraction of sp³-hybridized carbons (Fsp3) is 0.519. The summed E-state index contributed by atoms with van der Waals surface area (Å²) in [4.78, 5) is 0. The Bertz CT molecular complexity index is 673. The van der Waals surface area contributed by atoms with Gasteiger partial charge in [-0.2, -0.15) is 0 Å². The maximum absolute atomic E-state index is 8.86. The van der Waals surface area contributed by atoms with Crippen molar-refractivity contribution in [1.82, 2.24) is 0 Å². The van der Waals surface area contributed by atoms with Gasteiger partial charge >= 0.3 is 0 Å². The highest BCUT2D eigenvalue weighted by Gasteiger charge is 2.17. The van der Waals surface area contributed by atoms with Gasteiger partial charge in [0.15, 0.2) is 0 Å². The molecule has 0 spiro atoms. The third kappa shape index (κ3) is 7.62. The summed E-state index contributed by atoms with van der Waals surface area (Å²) < 4.78 is 0. The predicted octanol–water partition coefficient (Wildman–Crippen LogP) is 8.26. The Balaban J connectivity index is 3.01. The van der Waals surface area contributed by atoms with Gasteiger partial charge in [0.2, 0.25) is 0 Å². The molecule has 1 atom stereocenters. The summed E-state index contributed by atoms with van der Waals surface area (Å²) in [5.41, 5.74) is 7.18. The standard InChI is InChI=1S/C27H41N/c1-7-11-12-14-25(10-4)22(6)27(21(5)13-8-2)26(28)20-19-24-17-15-23(9-3)16-18-24/h8,13,15-18,25,28H,2,7,9-12,14,19-20H2,1,3-6H3/b21-13-,27-22-,28-26?. The van der Waals surface area contributed by atoms with Crippen molar-refractivity contribution in [2.45, 2.75) is 86.0 Å². The number of rotatable bonds is 13. The number of unbranched alkanes of at least 4 members (excludes halogenated alkanes) is 2. The van der Waals surface area contributed by atoms with Gasteiger partial charge in [0.05, 0.1) is 0 Å². The second-order valence-corrected chi connectivity index (χ2v) is 7.89. The summed E-state index contributed by atoms with van der Waals surface area (Å²) in [5.74, 6) is 0.568. The van der Waals surface area contributed by atoms with E-state index in [1.54, 1.807) is 0 Å². The van der Waals surface area contributed by atoms with E-state index in [0.29, 0.717) is 5.92 Å². The second kappa shape index (κ2) is 13.3. The van der Waals surface area contributed by atoms with Crippen molar-refractivity contribution in [3.05, 3.63) is 70.8 Å². The van der Waals surface area contributed by atoms with Gasteiger partial charge in [-0.15, -0.1) is 0 Å². The normalized spacial score (nSPS) is 13.8. The lowest BCUT2D eigenvalue weighted by molar-refractivity contribution is 0.502. The van der Waals surface area contributed by atoms with Crippen LogP contribution in [0.1, 0.15) is 84.3 Å². The predicted molar refractivity (Wildman–Crippen MR) is 126 cm³/mol. The molecule has 1 N–H and O–H groups in total. The minimum atomic E-state index is 0.568. The molecule has 1 rings (SSSR count). The maximum Gasteiger partial charge on any atom is 0.0391 e. The molecule has 1 aromatic rings. The number of nitrogens with one attached hydrogen (secondary N) is 1. The molecule has 1 heteroatoms. The molecule has 0 radical (unpaired) electrons. The molecule has 0 aromatic heterocycles. The van der Waals surface area contributed by atoms with E-state index in [1.165, 1.54) is 48.0 Å². The average molecular weight is 380 g/mol. The van der Waals surface area contributed by atoms with Crippen LogP contribution in [0.4, 0.5) is 0 Å². The lowest BCUT2D eigenvalue weighted by atomic mass is 9.83. The van der Waals surface area contributed by atoms with E-state index in [0.717, 1.165) is 37.0 Å². The van der Waals surface area contributed by atoms with Crippen molar-refractivity contribution >= 4 is 5.71 Å². The van der Waals surface area contributed by atoms with Crippen molar-refractivity contribution in [2.24, 2.45) is 5.92 Å². The van der Waals surface area contributed by atoms with Crippen molar-refractivity contribution in [1.29, 1.82) is 5.41 Å². The van der Waals surface area contributed by atoms with E-state index in [4.69, 9.17) is 5.41 Å². The van der Waals surface area contributed by atoms with Gasteiger partial charge in [-0.25, -0.2) is 0 Å².